The van der Waals surface area contributed by atoms with Crippen molar-refractivity contribution in [1.82, 2.24) is 0 Å². The molecule has 0 fully saturated rings. The van der Waals surface area contributed by atoms with Gasteiger partial charge < -0.3 is 24.8 Å². The molecule has 0 aliphatic heterocycles. The first-order chi connectivity index (χ1) is 11.2. The maximum atomic E-state index is 2.64. The van der Waals surface area contributed by atoms with Gasteiger partial charge in [-0.3, -0.25) is 0 Å². The van der Waals surface area contributed by atoms with Crippen molar-refractivity contribution in [2.24, 2.45) is 5.41 Å². The van der Waals surface area contributed by atoms with Crippen LogP contribution in [0.5, 0.6) is 0 Å². The van der Waals surface area contributed by atoms with E-state index in [2.05, 4.69) is 116 Å². The topological polar surface area (TPSA) is 0 Å². The Hall–Kier alpha value is 1.04. The van der Waals surface area contributed by atoms with Gasteiger partial charge in [0.05, 0.1) is 0 Å². The van der Waals surface area contributed by atoms with E-state index in [9.17, 15) is 0 Å². The average Bonchev–Trinajstić information content (AvgIpc) is 2.85. The zero-order valence-corrected chi connectivity index (χ0v) is 24.3. The van der Waals surface area contributed by atoms with Gasteiger partial charge in [0.2, 0.25) is 0 Å². The predicted octanol–water partition coefficient (Wildman–Crippen LogP) is 1.17. The zero-order chi connectivity index (χ0) is 19.3. The summed E-state index contributed by atoms with van der Waals surface area (Å²) >= 11 is 4.74. The van der Waals surface area contributed by atoms with Gasteiger partial charge >= 0.3 is 175 Å². The van der Waals surface area contributed by atoms with Crippen LogP contribution in [0, 0.1) is 5.41 Å². The van der Waals surface area contributed by atoms with Gasteiger partial charge in [-0.2, -0.15) is 0 Å². The van der Waals surface area contributed by atoms with Gasteiger partial charge in [-0.25, -0.2) is 0 Å². The Morgan fingerprint density at radius 3 is 2.04 bits per heavy atom. The van der Waals surface area contributed by atoms with Crippen LogP contribution in [0.25, 0.3) is 0 Å². The monoisotopic (exact) mass is 493 g/mol. The number of hydrogen-bond donors (Lipinski definition) is 0. The van der Waals surface area contributed by atoms with Crippen molar-refractivity contribution in [1.29, 1.82) is 0 Å². The molecule has 1 unspecified atom stereocenters. The van der Waals surface area contributed by atoms with Crippen molar-refractivity contribution in [3.05, 3.63) is 44.5 Å². The molecule has 0 N–H and O–H groups in total. The van der Waals surface area contributed by atoms with Crippen LogP contribution in [0.1, 0.15) is 40.5 Å². The van der Waals surface area contributed by atoms with Crippen LogP contribution in [0.15, 0.2) is 44.5 Å². The molecular weight excluding hydrogens is 459 g/mol. The minimum atomic E-state index is -1.72. The second-order valence-corrected chi connectivity index (χ2v) is 25.5. The summed E-state index contributed by atoms with van der Waals surface area (Å²) in [5, 5.41) is 1.71. The first-order valence-electron chi connectivity index (χ1n) is 9.42. The minimum absolute atomic E-state index is 0. The predicted molar refractivity (Wildman–Crippen MR) is 118 cm³/mol. The van der Waals surface area contributed by atoms with E-state index >= 15 is 0 Å². The molecule has 6 heteroatoms. The quantitative estimate of drug-likeness (QED) is 0.529. The molecule has 151 valence electrons. The summed E-state index contributed by atoms with van der Waals surface area (Å²) in [6, 6.07) is 0. The standard InChI is InChI=1S/C21H35SSi2.2ClH.Ti/c1-17-14-15-21(22-23(5,6)7,19(16-17)20(2,3)4)24(8,9)18-12-10-11-13-18;;;/h10,12,14,16H,11,15H2,1-9H3;2*1H;/q;;;+2/p-2. The fraction of sp³-hybridized carbons (Fsp3) is 0.619. The molecule has 0 saturated carbocycles. The number of halogens is 2. The Labute approximate surface area is 198 Å². The number of rotatable bonds is 4. The second kappa shape index (κ2) is 9.45. The van der Waals surface area contributed by atoms with E-state index in [1.165, 1.54) is 12.0 Å². The van der Waals surface area contributed by atoms with Crippen molar-refractivity contribution in [2.45, 2.75) is 77.6 Å². The normalized spacial score (nSPS) is 23.5. The van der Waals surface area contributed by atoms with E-state index in [1.807, 2.05) is 0 Å². The molecule has 0 nitrogen and oxygen atoms in total. The van der Waals surface area contributed by atoms with Crippen LogP contribution in [-0.4, -0.2) is 19.7 Å². The smallest absolute Gasteiger partial charge is 1.00 e. The van der Waals surface area contributed by atoms with Crippen LogP contribution in [0.2, 0.25) is 32.7 Å². The summed E-state index contributed by atoms with van der Waals surface area (Å²) in [4.78, 5) is 0. The number of allylic oxidation sites excluding steroid dienone is 7. The molecule has 0 radical (unpaired) electrons. The van der Waals surface area contributed by atoms with E-state index < -0.39 is 15.3 Å². The first kappa shape index (κ1) is 28.0. The molecule has 0 aromatic carbocycles. The molecule has 2 aliphatic carbocycles. The van der Waals surface area contributed by atoms with E-state index in [4.69, 9.17) is 0 Å². The molecule has 0 aromatic heterocycles. The Kier molecular flexibility index (Phi) is 9.82. The fourth-order valence-electron chi connectivity index (χ4n) is 4.29. The Morgan fingerprint density at radius 2 is 1.63 bits per heavy atom. The number of hydrogen-bond acceptors (Lipinski definition) is 1. The van der Waals surface area contributed by atoms with Crippen molar-refractivity contribution in [3.8, 4) is 0 Å². The van der Waals surface area contributed by atoms with Gasteiger partial charge in [0.25, 0.3) is 0 Å². The van der Waals surface area contributed by atoms with Crippen molar-refractivity contribution < 1.29 is 45.2 Å². The average molecular weight is 495 g/mol. The largest absolute Gasteiger partial charge is 1.00 e. The van der Waals surface area contributed by atoms with Gasteiger partial charge in [0.15, 0.2) is 0 Å². The first-order valence-corrected chi connectivity index (χ1v) is 18.2. The zero-order valence-electron chi connectivity index (χ0n) is 18.4. The molecule has 0 aromatic rings. The van der Waals surface area contributed by atoms with E-state index in [0.717, 1.165) is 6.42 Å². The van der Waals surface area contributed by atoms with Crippen molar-refractivity contribution >= 4 is 26.5 Å². The van der Waals surface area contributed by atoms with Gasteiger partial charge in [-0.05, 0) is 0 Å². The van der Waals surface area contributed by atoms with E-state index in [-0.39, 0.29) is 34.6 Å². The van der Waals surface area contributed by atoms with Crippen LogP contribution in [0.4, 0.5) is 0 Å². The summed E-state index contributed by atoms with van der Waals surface area (Å²) in [5.41, 5.74) is 3.36. The summed E-state index contributed by atoms with van der Waals surface area (Å²) in [5.74, 6) is 0. The van der Waals surface area contributed by atoms with E-state index in [1.54, 1.807) is 14.6 Å². The molecule has 0 amide bonds. The SMILES string of the molecule is CC1=CCC(S[Si](C)(C)C)([Si](C)(C)C2=[C]([Ti+2])CC=C2)C(C(C)(C)C)=C1.[Cl-].[Cl-]. The maximum Gasteiger partial charge on any atom is -1.00 e. The second-order valence-electron chi connectivity index (χ2n) is 10.1. The third-order valence-electron chi connectivity index (χ3n) is 5.42. The Balaban J connectivity index is 0.00000338. The van der Waals surface area contributed by atoms with Crippen LogP contribution >= 0.6 is 11.2 Å². The van der Waals surface area contributed by atoms with Crippen LogP contribution < -0.4 is 24.8 Å². The van der Waals surface area contributed by atoms with Gasteiger partial charge in [-0.15, -0.1) is 0 Å². The summed E-state index contributed by atoms with van der Waals surface area (Å²) < 4.78 is 1.90. The Bertz CT molecular complexity index is 679. The molecule has 1 atom stereocenters. The van der Waals surface area contributed by atoms with Gasteiger partial charge in [-0.1, -0.05) is 0 Å². The third kappa shape index (κ3) is 5.80. The minimum Gasteiger partial charge on any atom is -1.00 e. The van der Waals surface area contributed by atoms with Crippen molar-refractivity contribution in [2.75, 3.05) is 0 Å². The summed E-state index contributed by atoms with van der Waals surface area (Å²) in [7, 11) is -3.03. The Morgan fingerprint density at radius 1 is 1.07 bits per heavy atom. The molecule has 0 saturated heterocycles. The molecular formula is C21H35Cl2SSi2Ti. The molecule has 0 heterocycles. The molecule has 2 rings (SSSR count). The van der Waals surface area contributed by atoms with Gasteiger partial charge in [0, 0.05) is 0 Å². The molecule has 0 bridgehead atoms. The summed E-state index contributed by atoms with van der Waals surface area (Å²) in [6.07, 6.45) is 12.3. The molecule has 0 spiro atoms. The summed E-state index contributed by atoms with van der Waals surface area (Å²) in [6.45, 7) is 22.4. The molecule has 2 aliphatic rings. The maximum absolute atomic E-state index is 2.64. The molecule has 27 heavy (non-hydrogen) atoms. The fourth-order valence-corrected chi connectivity index (χ4v) is 21.4. The van der Waals surface area contributed by atoms with Crippen molar-refractivity contribution in [3.63, 3.8) is 0 Å². The van der Waals surface area contributed by atoms with Crippen LogP contribution in [-0.2, 0) is 20.4 Å². The van der Waals surface area contributed by atoms with Crippen LogP contribution in [0.3, 0.4) is 0 Å². The van der Waals surface area contributed by atoms with Gasteiger partial charge in [0.1, 0.15) is 0 Å². The van der Waals surface area contributed by atoms with E-state index in [0.29, 0.717) is 0 Å². The third-order valence-corrected chi connectivity index (χ3v) is 17.5.